The number of aromatic hydroxyl groups is 1. The molecule has 0 amide bonds. The fourth-order valence-corrected chi connectivity index (χ4v) is 1.39. The molecule has 2 aromatic rings. The standard InChI is InChI=1S/C10H11N3O/c11-6-8-5-9(14)1-2-10(8)13-4-3-12-7-13/h1-5,7,14H,6,11H2. The smallest absolute Gasteiger partial charge is 0.116 e. The van der Waals surface area contributed by atoms with Crippen LogP contribution in [0.2, 0.25) is 0 Å². The van der Waals surface area contributed by atoms with Crippen LogP contribution in [0.5, 0.6) is 5.75 Å². The van der Waals surface area contributed by atoms with E-state index in [0.29, 0.717) is 6.54 Å². The summed E-state index contributed by atoms with van der Waals surface area (Å²) in [5.41, 5.74) is 7.42. The van der Waals surface area contributed by atoms with Crippen LogP contribution in [0.25, 0.3) is 5.69 Å². The third kappa shape index (κ3) is 1.47. The summed E-state index contributed by atoms with van der Waals surface area (Å²) in [5.74, 6) is 0.231. The van der Waals surface area contributed by atoms with E-state index in [9.17, 15) is 5.11 Å². The Morgan fingerprint density at radius 1 is 1.43 bits per heavy atom. The van der Waals surface area contributed by atoms with Gasteiger partial charge in [-0.15, -0.1) is 0 Å². The number of phenolic OH excluding ortho intramolecular Hbond substituents is 1. The fourth-order valence-electron chi connectivity index (χ4n) is 1.39. The quantitative estimate of drug-likeness (QED) is 0.741. The predicted molar refractivity (Wildman–Crippen MR) is 53.1 cm³/mol. The van der Waals surface area contributed by atoms with Crippen molar-refractivity contribution in [2.24, 2.45) is 5.73 Å². The third-order valence-electron chi connectivity index (χ3n) is 2.07. The van der Waals surface area contributed by atoms with E-state index in [4.69, 9.17) is 5.73 Å². The molecule has 3 N–H and O–H groups in total. The van der Waals surface area contributed by atoms with Gasteiger partial charge >= 0.3 is 0 Å². The summed E-state index contributed by atoms with van der Waals surface area (Å²) in [5, 5.41) is 9.29. The van der Waals surface area contributed by atoms with Crippen LogP contribution in [0.3, 0.4) is 0 Å². The SMILES string of the molecule is NCc1cc(O)ccc1-n1ccnc1. The molecule has 0 radical (unpaired) electrons. The van der Waals surface area contributed by atoms with E-state index in [1.165, 1.54) is 0 Å². The van der Waals surface area contributed by atoms with Crippen LogP contribution < -0.4 is 5.73 Å². The van der Waals surface area contributed by atoms with Crippen molar-refractivity contribution in [2.45, 2.75) is 6.54 Å². The number of aromatic nitrogens is 2. The average molecular weight is 189 g/mol. The summed E-state index contributed by atoms with van der Waals surface area (Å²) in [7, 11) is 0. The van der Waals surface area contributed by atoms with Crippen LogP contribution in [0, 0.1) is 0 Å². The Kier molecular flexibility index (Phi) is 2.20. The number of hydrogen-bond donors (Lipinski definition) is 2. The zero-order valence-electron chi connectivity index (χ0n) is 7.59. The van der Waals surface area contributed by atoms with Crippen LogP contribution in [-0.4, -0.2) is 14.7 Å². The van der Waals surface area contributed by atoms with Gasteiger partial charge < -0.3 is 15.4 Å². The van der Waals surface area contributed by atoms with Crippen molar-refractivity contribution in [1.82, 2.24) is 9.55 Å². The molecule has 0 spiro atoms. The van der Waals surface area contributed by atoms with Crippen molar-refractivity contribution >= 4 is 0 Å². The Balaban J connectivity index is 2.53. The highest BCUT2D eigenvalue weighted by Crippen LogP contribution is 2.19. The first-order valence-corrected chi connectivity index (χ1v) is 4.31. The molecule has 4 nitrogen and oxygen atoms in total. The molecule has 2 rings (SSSR count). The molecule has 0 fully saturated rings. The van der Waals surface area contributed by atoms with E-state index in [1.54, 1.807) is 24.7 Å². The van der Waals surface area contributed by atoms with Crippen molar-refractivity contribution < 1.29 is 5.11 Å². The Labute approximate surface area is 81.6 Å². The van der Waals surface area contributed by atoms with Crippen LogP contribution >= 0.6 is 0 Å². The van der Waals surface area contributed by atoms with Gasteiger partial charge in [-0.3, -0.25) is 0 Å². The van der Waals surface area contributed by atoms with Gasteiger partial charge in [0, 0.05) is 18.9 Å². The second kappa shape index (κ2) is 3.51. The molecule has 72 valence electrons. The molecule has 0 aliphatic heterocycles. The molecule has 0 bridgehead atoms. The zero-order valence-corrected chi connectivity index (χ0v) is 7.59. The van der Waals surface area contributed by atoms with E-state index in [-0.39, 0.29) is 5.75 Å². The first-order valence-electron chi connectivity index (χ1n) is 4.31. The lowest BCUT2D eigenvalue weighted by atomic mass is 10.1. The van der Waals surface area contributed by atoms with Gasteiger partial charge in [0.15, 0.2) is 0 Å². The molecule has 0 unspecified atom stereocenters. The van der Waals surface area contributed by atoms with Gasteiger partial charge in [0.1, 0.15) is 5.75 Å². The lowest BCUT2D eigenvalue weighted by Gasteiger charge is -2.08. The summed E-state index contributed by atoms with van der Waals surface area (Å²) < 4.78 is 1.86. The van der Waals surface area contributed by atoms with E-state index < -0.39 is 0 Å². The summed E-state index contributed by atoms with van der Waals surface area (Å²) >= 11 is 0. The van der Waals surface area contributed by atoms with E-state index in [0.717, 1.165) is 11.3 Å². The molecule has 14 heavy (non-hydrogen) atoms. The molecule has 0 aliphatic carbocycles. The maximum Gasteiger partial charge on any atom is 0.116 e. The van der Waals surface area contributed by atoms with Crippen LogP contribution in [0.4, 0.5) is 0 Å². The number of rotatable bonds is 2. The van der Waals surface area contributed by atoms with Crippen molar-refractivity contribution in [3.05, 3.63) is 42.5 Å². The number of nitrogens with two attached hydrogens (primary N) is 1. The predicted octanol–water partition coefficient (Wildman–Crippen LogP) is 1.04. The maximum atomic E-state index is 9.29. The average Bonchev–Trinajstić information content (AvgIpc) is 2.70. The largest absolute Gasteiger partial charge is 0.508 e. The Morgan fingerprint density at radius 3 is 2.93 bits per heavy atom. The Bertz CT molecular complexity index is 423. The van der Waals surface area contributed by atoms with E-state index >= 15 is 0 Å². The fraction of sp³-hybridized carbons (Fsp3) is 0.100. The van der Waals surface area contributed by atoms with E-state index in [2.05, 4.69) is 4.98 Å². The molecule has 1 aromatic carbocycles. The minimum absolute atomic E-state index is 0.231. The Hall–Kier alpha value is -1.81. The minimum Gasteiger partial charge on any atom is -0.508 e. The van der Waals surface area contributed by atoms with Crippen molar-refractivity contribution in [3.63, 3.8) is 0 Å². The topological polar surface area (TPSA) is 64.1 Å². The lowest BCUT2D eigenvalue weighted by Crippen LogP contribution is -2.02. The molecule has 4 heteroatoms. The van der Waals surface area contributed by atoms with Crippen LogP contribution in [0.1, 0.15) is 5.56 Å². The number of benzene rings is 1. The van der Waals surface area contributed by atoms with Gasteiger partial charge in [0.2, 0.25) is 0 Å². The van der Waals surface area contributed by atoms with Gasteiger partial charge in [-0.25, -0.2) is 4.98 Å². The maximum absolute atomic E-state index is 9.29. The van der Waals surface area contributed by atoms with Crippen molar-refractivity contribution in [3.8, 4) is 11.4 Å². The summed E-state index contributed by atoms with van der Waals surface area (Å²) in [4.78, 5) is 3.96. The van der Waals surface area contributed by atoms with Gasteiger partial charge in [-0.05, 0) is 23.8 Å². The second-order valence-corrected chi connectivity index (χ2v) is 2.99. The van der Waals surface area contributed by atoms with Crippen molar-refractivity contribution in [2.75, 3.05) is 0 Å². The molecular formula is C10H11N3O. The second-order valence-electron chi connectivity index (χ2n) is 2.99. The lowest BCUT2D eigenvalue weighted by molar-refractivity contribution is 0.474. The molecule has 1 aromatic heterocycles. The number of phenols is 1. The zero-order chi connectivity index (χ0) is 9.97. The summed E-state index contributed by atoms with van der Waals surface area (Å²) in [6, 6.07) is 5.11. The molecule has 0 aliphatic rings. The molecule has 1 heterocycles. The molecule has 0 atom stereocenters. The number of hydrogen-bond acceptors (Lipinski definition) is 3. The Morgan fingerprint density at radius 2 is 2.29 bits per heavy atom. The van der Waals surface area contributed by atoms with E-state index in [1.807, 2.05) is 16.8 Å². The number of imidazole rings is 1. The van der Waals surface area contributed by atoms with Crippen LogP contribution in [-0.2, 0) is 6.54 Å². The summed E-state index contributed by atoms with van der Waals surface area (Å²) in [6.45, 7) is 0.391. The number of nitrogens with zero attached hydrogens (tertiary/aromatic N) is 2. The van der Waals surface area contributed by atoms with Crippen molar-refractivity contribution in [1.29, 1.82) is 0 Å². The molecule has 0 saturated carbocycles. The first kappa shape index (κ1) is 8.77. The van der Waals surface area contributed by atoms with Gasteiger partial charge in [0.25, 0.3) is 0 Å². The monoisotopic (exact) mass is 189 g/mol. The minimum atomic E-state index is 0.231. The first-order chi connectivity index (χ1) is 6.81. The van der Waals surface area contributed by atoms with Gasteiger partial charge in [-0.1, -0.05) is 0 Å². The highest BCUT2D eigenvalue weighted by atomic mass is 16.3. The van der Waals surface area contributed by atoms with Crippen LogP contribution in [0.15, 0.2) is 36.9 Å². The van der Waals surface area contributed by atoms with Gasteiger partial charge in [0.05, 0.1) is 12.0 Å². The third-order valence-corrected chi connectivity index (χ3v) is 2.07. The highest BCUT2D eigenvalue weighted by Gasteiger charge is 2.03. The normalized spacial score (nSPS) is 10.4. The van der Waals surface area contributed by atoms with Gasteiger partial charge in [-0.2, -0.15) is 0 Å². The molecular weight excluding hydrogens is 178 g/mol. The summed E-state index contributed by atoms with van der Waals surface area (Å²) in [6.07, 6.45) is 5.24. The highest BCUT2D eigenvalue weighted by molar-refractivity contribution is 5.45. The molecule has 0 saturated heterocycles.